The minimum Gasteiger partial charge on any atom is -0.393 e. The van der Waals surface area contributed by atoms with Crippen LogP contribution in [0.5, 0.6) is 0 Å². The van der Waals surface area contributed by atoms with Crippen molar-refractivity contribution in [2.45, 2.75) is 44.6 Å². The van der Waals surface area contributed by atoms with E-state index in [0.717, 1.165) is 18.5 Å². The molecule has 2 nitrogen and oxygen atoms in total. The van der Waals surface area contributed by atoms with E-state index in [4.69, 9.17) is 0 Å². The van der Waals surface area contributed by atoms with Crippen molar-refractivity contribution in [1.82, 2.24) is 4.98 Å². The monoisotopic (exact) mass is 211 g/mol. The number of nitrogens with zero attached hydrogens (tertiary/aromatic N) is 1. The second-order valence-electron chi connectivity index (χ2n) is 4.13. The molecule has 0 spiro atoms. The Labute approximate surface area is 89.0 Å². The first-order chi connectivity index (χ1) is 6.86. The lowest BCUT2D eigenvalue weighted by atomic mass is 9.96. The van der Waals surface area contributed by atoms with Gasteiger partial charge in [-0.2, -0.15) is 0 Å². The van der Waals surface area contributed by atoms with Crippen LogP contribution in [0.15, 0.2) is 10.9 Å². The molecule has 0 aliphatic heterocycles. The highest BCUT2D eigenvalue weighted by Gasteiger charge is 2.22. The second kappa shape index (κ2) is 4.89. The quantitative estimate of drug-likeness (QED) is 0.830. The van der Waals surface area contributed by atoms with Gasteiger partial charge in [-0.3, -0.25) is 0 Å². The molecule has 1 fully saturated rings. The van der Waals surface area contributed by atoms with Gasteiger partial charge in [0.2, 0.25) is 0 Å². The third-order valence-electron chi connectivity index (χ3n) is 3.12. The van der Waals surface area contributed by atoms with Gasteiger partial charge in [0.05, 0.1) is 17.3 Å². The molecular weight excluding hydrogens is 194 g/mol. The maximum absolute atomic E-state index is 9.92. The van der Waals surface area contributed by atoms with Crippen molar-refractivity contribution < 1.29 is 5.11 Å². The van der Waals surface area contributed by atoms with E-state index in [9.17, 15) is 5.11 Å². The Kier molecular flexibility index (Phi) is 3.54. The number of aryl methyl sites for hydroxylation is 1. The number of rotatable bonds is 4. The van der Waals surface area contributed by atoms with Crippen LogP contribution in [0.4, 0.5) is 0 Å². The fourth-order valence-electron chi connectivity index (χ4n) is 2.23. The lowest BCUT2D eigenvalue weighted by Crippen LogP contribution is -2.18. The highest BCUT2D eigenvalue weighted by molar-refractivity contribution is 7.07. The summed E-state index contributed by atoms with van der Waals surface area (Å²) in [5, 5.41) is 12.0. The normalized spacial score (nSPS) is 20.1. The van der Waals surface area contributed by atoms with E-state index in [1.807, 2.05) is 5.51 Å². The molecule has 1 unspecified atom stereocenters. The SMILES string of the molecule is OC(CCc1cscn1)C1CCCC1. The molecule has 1 aliphatic carbocycles. The Bertz CT molecular complexity index is 254. The number of aliphatic hydroxyl groups excluding tert-OH is 1. The topological polar surface area (TPSA) is 33.1 Å². The van der Waals surface area contributed by atoms with Crippen LogP contribution in [0.2, 0.25) is 0 Å². The summed E-state index contributed by atoms with van der Waals surface area (Å²) < 4.78 is 0. The summed E-state index contributed by atoms with van der Waals surface area (Å²) in [6.07, 6.45) is 6.77. The molecule has 1 saturated carbocycles. The summed E-state index contributed by atoms with van der Waals surface area (Å²) in [5.74, 6) is 0.564. The Hall–Kier alpha value is -0.410. The molecule has 1 atom stereocenters. The molecular formula is C11H17NOS. The van der Waals surface area contributed by atoms with Crippen molar-refractivity contribution in [3.8, 4) is 0 Å². The Morgan fingerprint density at radius 1 is 1.50 bits per heavy atom. The molecule has 1 N–H and O–H groups in total. The Morgan fingerprint density at radius 2 is 2.29 bits per heavy atom. The van der Waals surface area contributed by atoms with E-state index >= 15 is 0 Å². The molecule has 0 radical (unpaired) electrons. The van der Waals surface area contributed by atoms with E-state index in [1.54, 1.807) is 11.3 Å². The first kappa shape index (κ1) is 10.1. The molecule has 0 aromatic carbocycles. The number of aromatic nitrogens is 1. The van der Waals surface area contributed by atoms with Gasteiger partial charge in [-0.1, -0.05) is 12.8 Å². The minimum absolute atomic E-state index is 0.0980. The smallest absolute Gasteiger partial charge is 0.0794 e. The molecule has 0 amide bonds. The number of thiazole rings is 1. The fraction of sp³-hybridized carbons (Fsp3) is 0.727. The summed E-state index contributed by atoms with van der Waals surface area (Å²) in [6, 6.07) is 0. The van der Waals surface area contributed by atoms with E-state index in [-0.39, 0.29) is 6.10 Å². The molecule has 1 heterocycles. The van der Waals surface area contributed by atoms with Crippen molar-refractivity contribution in [2.24, 2.45) is 5.92 Å². The molecule has 78 valence electrons. The number of aliphatic hydroxyl groups is 1. The van der Waals surface area contributed by atoms with Crippen molar-refractivity contribution in [3.05, 3.63) is 16.6 Å². The predicted octanol–water partition coefficient (Wildman–Crippen LogP) is 2.63. The van der Waals surface area contributed by atoms with Crippen LogP contribution in [-0.2, 0) is 6.42 Å². The second-order valence-corrected chi connectivity index (χ2v) is 4.85. The van der Waals surface area contributed by atoms with Crippen LogP contribution in [-0.4, -0.2) is 16.2 Å². The summed E-state index contributed by atoms with van der Waals surface area (Å²) >= 11 is 1.63. The Balaban J connectivity index is 1.74. The van der Waals surface area contributed by atoms with Gasteiger partial charge in [-0.25, -0.2) is 4.98 Å². The van der Waals surface area contributed by atoms with Crippen LogP contribution in [0.3, 0.4) is 0 Å². The van der Waals surface area contributed by atoms with Crippen molar-refractivity contribution in [3.63, 3.8) is 0 Å². The summed E-state index contributed by atoms with van der Waals surface area (Å²) in [5.41, 5.74) is 2.99. The van der Waals surface area contributed by atoms with E-state index in [1.165, 1.54) is 25.7 Å². The minimum atomic E-state index is -0.0980. The zero-order valence-corrected chi connectivity index (χ0v) is 9.17. The number of hydrogen-bond donors (Lipinski definition) is 1. The van der Waals surface area contributed by atoms with E-state index in [2.05, 4.69) is 10.4 Å². The molecule has 2 rings (SSSR count). The highest BCUT2D eigenvalue weighted by Crippen LogP contribution is 2.29. The average molecular weight is 211 g/mol. The molecule has 1 aromatic heterocycles. The zero-order chi connectivity index (χ0) is 9.80. The average Bonchev–Trinajstić information content (AvgIpc) is 2.87. The maximum Gasteiger partial charge on any atom is 0.0794 e. The summed E-state index contributed by atoms with van der Waals surface area (Å²) in [6.45, 7) is 0. The summed E-state index contributed by atoms with van der Waals surface area (Å²) in [7, 11) is 0. The highest BCUT2D eigenvalue weighted by atomic mass is 32.1. The summed E-state index contributed by atoms with van der Waals surface area (Å²) in [4.78, 5) is 4.22. The van der Waals surface area contributed by atoms with Crippen molar-refractivity contribution >= 4 is 11.3 Å². The van der Waals surface area contributed by atoms with Crippen LogP contribution in [0.25, 0.3) is 0 Å². The standard InChI is InChI=1S/C11H17NOS/c13-11(9-3-1-2-4-9)6-5-10-7-14-8-12-10/h7-9,11,13H,1-6H2. The zero-order valence-electron chi connectivity index (χ0n) is 8.35. The molecule has 3 heteroatoms. The number of hydrogen-bond acceptors (Lipinski definition) is 3. The van der Waals surface area contributed by atoms with Crippen LogP contribution in [0.1, 0.15) is 37.8 Å². The van der Waals surface area contributed by atoms with Gasteiger partial charge in [0.1, 0.15) is 0 Å². The van der Waals surface area contributed by atoms with Gasteiger partial charge in [-0.05, 0) is 31.6 Å². The van der Waals surface area contributed by atoms with Gasteiger partial charge >= 0.3 is 0 Å². The van der Waals surface area contributed by atoms with Crippen LogP contribution < -0.4 is 0 Å². The van der Waals surface area contributed by atoms with Crippen molar-refractivity contribution in [1.29, 1.82) is 0 Å². The maximum atomic E-state index is 9.92. The van der Waals surface area contributed by atoms with Gasteiger partial charge in [0.15, 0.2) is 0 Å². The predicted molar refractivity (Wildman–Crippen MR) is 58.4 cm³/mol. The van der Waals surface area contributed by atoms with E-state index in [0.29, 0.717) is 5.92 Å². The van der Waals surface area contributed by atoms with Crippen molar-refractivity contribution in [2.75, 3.05) is 0 Å². The first-order valence-corrected chi connectivity index (χ1v) is 6.35. The Morgan fingerprint density at radius 3 is 2.93 bits per heavy atom. The lowest BCUT2D eigenvalue weighted by Gasteiger charge is -2.16. The third-order valence-corrected chi connectivity index (χ3v) is 3.76. The third kappa shape index (κ3) is 2.55. The van der Waals surface area contributed by atoms with Gasteiger partial charge in [-0.15, -0.1) is 11.3 Å². The lowest BCUT2D eigenvalue weighted by molar-refractivity contribution is 0.102. The van der Waals surface area contributed by atoms with Gasteiger partial charge < -0.3 is 5.11 Å². The molecule has 0 bridgehead atoms. The fourth-order valence-corrected chi connectivity index (χ4v) is 2.83. The van der Waals surface area contributed by atoms with Gasteiger partial charge in [0.25, 0.3) is 0 Å². The molecule has 1 aromatic rings. The largest absolute Gasteiger partial charge is 0.393 e. The molecule has 0 saturated heterocycles. The van der Waals surface area contributed by atoms with Gasteiger partial charge in [0, 0.05) is 5.38 Å². The van der Waals surface area contributed by atoms with Crippen LogP contribution >= 0.6 is 11.3 Å². The van der Waals surface area contributed by atoms with Crippen LogP contribution in [0, 0.1) is 5.92 Å². The molecule has 1 aliphatic rings. The van der Waals surface area contributed by atoms with E-state index < -0.39 is 0 Å². The first-order valence-electron chi connectivity index (χ1n) is 5.41. The molecule has 14 heavy (non-hydrogen) atoms.